The fourth-order valence-corrected chi connectivity index (χ4v) is 4.28. The maximum atomic E-state index is 14.3. The SMILES string of the molecule is C[C@H]1Oc2cc(cnc2N)-c2c(nn(C)c2C#N)Cn2c(cn(C)c2=O)-c2ccc(F)cc21. The van der Waals surface area contributed by atoms with E-state index in [1.54, 1.807) is 50.1 Å². The zero-order valence-electron chi connectivity index (χ0n) is 18.2. The van der Waals surface area contributed by atoms with Gasteiger partial charge in [-0.25, -0.2) is 14.2 Å². The van der Waals surface area contributed by atoms with Crippen molar-refractivity contribution >= 4 is 5.82 Å². The molecule has 2 bridgehead atoms. The Morgan fingerprint density at radius 2 is 2.09 bits per heavy atom. The Bertz CT molecular complexity index is 1520. The van der Waals surface area contributed by atoms with Crippen molar-refractivity contribution < 1.29 is 9.13 Å². The molecule has 1 aliphatic heterocycles. The molecule has 10 heteroatoms. The van der Waals surface area contributed by atoms with Crippen molar-refractivity contribution in [3.63, 3.8) is 0 Å². The summed E-state index contributed by atoms with van der Waals surface area (Å²) in [5, 5.41) is 14.3. The highest BCUT2D eigenvalue weighted by Gasteiger charge is 2.26. The molecule has 0 saturated carbocycles. The number of ether oxygens (including phenoxy) is 1. The quantitative estimate of drug-likeness (QED) is 0.445. The molecule has 4 heterocycles. The summed E-state index contributed by atoms with van der Waals surface area (Å²) in [5.41, 5.74) is 9.55. The molecule has 0 fully saturated rings. The molecule has 33 heavy (non-hydrogen) atoms. The minimum atomic E-state index is -0.609. The summed E-state index contributed by atoms with van der Waals surface area (Å²) in [4.78, 5) is 17.3. The van der Waals surface area contributed by atoms with Gasteiger partial charge in [0.25, 0.3) is 0 Å². The van der Waals surface area contributed by atoms with Gasteiger partial charge in [-0.3, -0.25) is 9.25 Å². The third kappa shape index (κ3) is 3.17. The number of pyridine rings is 1. The average molecular weight is 445 g/mol. The summed E-state index contributed by atoms with van der Waals surface area (Å²) in [6.07, 6.45) is 2.63. The maximum Gasteiger partial charge on any atom is 0.328 e. The molecule has 0 amide bonds. The van der Waals surface area contributed by atoms with Crippen LogP contribution in [0.5, 0.6) is 5.75 Å². The van der Waals surface area contributed by atoms with Crippen LogP contribution < -0.4 is 16.2 Å². The summed E-state index contributed by atoms with van der Waals surface area (Å²) in [5.74, 6) is 0.0488. The lowest BCUT2D eigenvalue weighted by atomic mass is 9.99. The Hall–Kier alpha value is -4.39. The van der Waals surface area contributed by atoms with Gasteiger partial charge in [0.1, 0.15) is 23.7 Å². The summed E-state index contributed by atoms with van der Waals surface area (Å²) < 4.78 is 24.9. The molecule has 4 aromatic rings. The molecule has 0 unspecified atom stereocenters. The first-order valence-corrected chi connectivity index (χ1v) is 10.2. The Morgan fingerprint density at radius 3 is 2.85 bits per heavy atom. The number of nitrogen functional groups attached to an aromatic ring is 1. The summed E-state index contributed by atoms with van der Waals surface area (Å²) >= 11 is 0. The molecular formula is C23H20FN7O2. The largest absolute Gasteiger partial charge is 0.482 e. The smallest absolute Gasteiger partial charge is 0.328 e. The number of halogens is 1. The van der Waals surface area contributed by atoms with E-state index in [0.29, 0.717) is 45.1 Å². The van der Waals surface area contributed by atoms with Crippen LogP contribution in [0.25, 0.3) is 22.4 Å². The molecular weight excluding hydrogens is 425 g/mol. The van der Waals surface area contributed by atoms with Gasteiger partial charge in [-0.05, 0) is 31.2 Å². The van der Waals surface area contributed by atoms with Crippen molar-refractivity contribution in [1.82, 2.24) is 23.9 Å². The summed E-state index contributed by atoms with van der Waals surface area (Å²) in [6, 6.07) is 8.23. The molecule has 0 aliphatic carbocycles. The number of benzene rings is 1. The van der Waals surface area contributed by atoms with Crippen LogP contribution in [-0.4, -0.2) is 23.9 Å². The van der Waals surface area contributed by atoms with Gasteiger partial charge in [0.15, 0.2) is 11.6 Å². The van der Waals surface area contributed by atoms with Gasteiger partial charge in [0.2, 0.25) is 0 Å². The van der Waals surface area contributed by atoms with E-state index in [-0.39, 0.29) is 18.1 Å². The van der Waals surface area contributed by atoms with Crippen LogP contribution in [0.2, 0.25) is 0 Å². The predicted octanol–water partition coefficient (Wildman–Crippen LogP) is 2.74. The van der Waals surface area contributed by atoms with E-state index in [0.717, 1.165) is 0 Å². The van der Waals surface area contributed by atoms with Crippen molar-refractivity contribution in [3.05, 3.63) is 69.9 Å². The number of nitrogens with two attached hydrogens (primary N) is 1. The van der Waals surface area contributed by atoms with Gasteiger partial charge >= 0.3 is 5.69 Å². The number of imidazole rings is 1. The number of aryl methyl sites for hydroxylation is 2. The van der Waals surface area contributed by atoms with Crippen molar-refractivity contribution in [3.8, 4) is 34.2 Å². The van der Waals surface area contributed by atoms with Crippen LogP contribution in [0.4, 0.5) is 10.2 Å². The van der Waals surface area contributed by atoms with Crippen molar-refractivity contribution in [1.29, 1.82) is 5.26 Å². The number of aromatic nitrogens is 5. The summed E-state index contributed by atoms with van der Waals surface area (Å²) in [6.45, 7) is 1.88. The van der Waals surface area contributed by atoms with Crippen molar-refractivity contribution in [2.24, 2.45) is 14.1 Å². The van der Waals surface area contributed by atoms with Crippen LogP contribution in [-0.2, 0) is 20.6 Å². The zero-order valence-corrected chi connectivity index (χ0v) is 18.2. The number of rotatable bonds is 0. The average Bonchev–Trinajstić information content (AvgIpc) is 3.25. The van der Waals surface area contributed by atoms with E-state index < -0.39 is 11.9 Å². The first kappa shape index (κ1) is 20.5. The topological polar surface area (TPSA) is 117 Å². The predicted molar refractivity (Wildman–Crippen MR) is 119 cm³/mol. The lowest BCUT2D eigenvalue weighted by Gasteiger charge is -2.21. The van der Waals surface area contributed by atoms with Gasteiger partial charge in [0, 0.05) is 48.7 Å². The van der Waals surface area contributed by atoms with Gasteiger partial charge in [0.05, 0.1) is 17.9 Å². The molecule has 9 nitrogen and oxygen atoms in total. The lowest BCUT2D eigenvalue weighted by molar-refractivity contribution is 0.227. The zero-order chi connectivity index (χ0) is 23.4. The number of anilines is 1. The Balaban J connectivity index is 1.88. The molecule has 166 valence electrons. The van der Waals surface area contributed by atoms with Crippen molar-refractivity contribution in [2.75, 3.05) is 5.73 Å². The third-order valence-corrected chi connectivity index (χ3v) is 5.87. The van der Waals surface area contributed by atoms with Crippen molar-refractivity contribution in [2.45, 2.75) is 19.6 Å². The molecule has 1 atom stereocenters. The highest BCUT2D eigenvalue weighted by Crippen LogP contribution is 2.37. The fraction of sp³-hybridized carbons (Fsp3) is 0.217. The molecule has 5 rings (SSSR count). The van der Waals surface area contributed by atoms with Gasteiger partial charge in [-0.15, -0.1) is 0 Å². The minimum absolute atomic E-state index is 0.103. The highest BCUT2D eigenvalue weighted by atomic mass is 19.1. The van der Waals surface area contributed by atoms with Crippen LogP contribution in [0.1, 0.15) is 30.0 Å². The molecule has 0 saturated heterocycles. The Kier molecular flexibility index (Phi) is 4.56. The van der Waals surface area contributed by atoms with Crippen LogP contribution in [0.3, 0.4) is 0 Å². The summed E-state index contributed by atoms with van der Waals surface area (Å²) in [7, 11) is 3.32. The second kappa shape index (κ2) is 7.34. The van der Waals surface area contributed by atoms with Gasteiger partial charge < -0.3 is 15.0 Å². The third-order valence-electron chi connectivity index (χ3n) is 5.87. The lowest BCUT2D eigenvalue weighted by Crippen LogP contribution is -2.24. The number of nitriles is 1. The molecule has 2 N–H and O–H groups in total. The Labute approximate surface area is 188 Å². The standard InChI is InChI=1S/C23H20FN7O2/c1-12-16-7-14(24)4-5-15(16)19-11-29(2)23(32)31(19)10-17-21(18(8-25)30(3)28-17)13-6-20(33-12)22(26)27-9-13/h4-7,9,11-12H,10H2,1-3H3,(H2,26,27)/t12-/m1/s1. The molecule has 0 spiro atoms. The van der Waals surface area contributed by atoms with E-state index in [1.807, 2.05) is 0 Å². The van der Waals surface area contributed by atoms with E-state index >= 15 is 0 Å². The van der Waals surface area contributed by atoms with Crippen LogP contribution in [0.15, 0.2) is 41.5 Å². The minimum Gasteiger partial charge on any atom is -0.482 e. The number of hydrogen-bond acceptors (Lipinski definition) is 6. The van der Waals surface area contributed by atoms with E-state index in [1.165, 1.54) is 21.4 Å². The normalized spacial score (nSPS) is 14.7. The fourth-order valence-electron chi connectivity index (χ4n) is 4.28. The second-order valence-electron chi connectivity index (χ2n) is 8.00. The van der Waals surface area contributed by atoms with E-state index in [2.05, 4.69) is 16.2 Å². The molecule has 0 radical (unpaired) electrons. The van der Waals surface area contributed by atoms with Crippen LogP contribution >= 0.6 is 0 Å². The highest BCUT2D eigenvalue weighted by molar-refractivity contribution is 5.74. The molecule has 3 aromatic heterocycles. The first-order chi connectivity index (χ1) is 15.8. The van der Waals surface area contributed by atoms with E-state index in [9.17, 15) is 14.4 Å². The van der Waals surface area contributed by atoms with E-state index in [4.69, 9.17) is 10.5 Å². The number of nitrogens with zero attached hydrogens (tertiary/aromatic N) is 6. The Morgan fingerprint density at radius 1 is 1.30 bits per heavy atom. The maximum absolute atomic E-state index is 14.3. The second-order valence-corrected chi connectivity index (χ2v) is 8.00. The first-order valence-electron chi connectivity index (χ1n) is 10.2. The van der Waals surface area contributed by atoms with Gasteiger partial charge in [-0.2, -0.15) is 10.4 Å². The molecule has 1 aromatic carbocycles. The molecule has 1 aliphatic rings. The van der Waals surface area contributed by atoms with Crippen LogP contribution in [0, 0.1) is 17.1 Å². The van der Waals surface area contributed by atoms with Gasteiger partial charge in [-0.1, -0.05) is 0 Å². The number of hydrogen-bond donors (Lipinski definition) is 1. The monoisotopic (exact) mass is 445 g/mol. The number of fused-ring (bicyclic) bond motifs is 7.